The number of benzene rings is 1. The molecule has 0 radical (unpaired) electrons. The zero-order valence-electron chi connectivity index (χ0n) is 15.7. The number of likely N-dealkylation sites (tertiary alicyclic amines) is 1. The Morgan fingerprint density at radius 3 is 2.69 bits per heavy atom. The van der Waals surface area contributed by atoms with Crippen molar-refractivity contribution in [2.45, 2.75) is 25.3 Å². The molecule has 2 heterocycles. The van der Waals surface area contributed by atoms with Crippen LogP contribution in [0.2, 0.25) is 0 Å². The Morgan fingerprint density at radius 1 is 1.27 bits per heavy atom. The Hall–Kier alpha value is -2.56. The molecule has 2 atom stereocenters. The number of hydrogen-bond donors (Lipinski definition) is 1. The Labute approximate surface area is 155 Å². The summed E-state index contributed by atoms with van der Waals surface area (Å²) in [5.74, 6) is 0.605. The minimum Gasteiger partial charge on any atom is -0.376 e. The van der Waals surface area contributed by atoms with Gasteiger partial charge in [0.1, 0.15) is 0 Å². The highest BCUT2D eigenvalue weighted by Gasteiger charge is 2.61. The number of nitrogens with zero attached hydrogens (tertiary/aromatic N) is 3. The molecule has 2 amide bonds. The zero-order chi connectivity index (χ0) is 18.3. The summed E-state index contributed by atoms with van der Waals surface area (Å²) in [5.41, 5.74) is 4.78. The quantitative estimate of drug-likeness (QED) is 0.922. The Kier molecular flexibility index (Phi) is 4.10. The number of hydrogen-bond acceptors (Lipinski definition) is 3. The summed E-state index contributed by atoms with van der Waals surface area (Å²) in [6.45, 7) is 4.25. The maximum absolute atomic E-state index is 12.6. The molecule has 0 spiro atoms. The van der Waals surface area contributed by atoms with Gasteiger partial charge < -0.3 is 15.1 Å². The van der Waals surface area contributed by atoms with Gasteiger partial charge in [0.15, 0.2) is 0 Å². The number of pyridine rings is 1. The van der Waals surface area contributed by atoms with E-state index in [1.54, 1.807) is 0 Å². The van der Waals surface area contributed by atoms with Crippen molar-refractivity contribution in [1.29, 1.82) is 0 Å². The number of carbonyl (C=O) groups excluding carboxylic acids is 1. The number of fused-ring (bicyclic) bond motifs is 1. The van der Waals surface area contributed by atoms with Gasteiger partial charge >= 0.3 is 6.03 Å². The number of amides is 2. The van der Waals surface area contributed by atoms with Gasteiger partial charge in [-0.15, -0.1) is 0 Å². The van der Waals surface area contributed by atoms with E-state index in [-0.39, 0.29) is 11.4 Å². The van der Waals surface area contributed by atoms with Gasteiger partial charge in [-0.3, -0.25) is 4.98 Å². The van der Waals surface area contributed by atoms with Crippen molar-refractivity contribution in [3.05, 3.63) is 59.4 Å². The van der Waals surface area contributed by atoms with Crippen molar-refractivity contribution in [1.82, 2.24) is 15.2 Å². The van der Waals surface area contributed by atoms with Crippen molar-refractivity contribution in [3.8, 4) is 0 Å². The molecular formula is C21H26N4O. The molecule has 2 aliphatic rings. The molecule has 0 unspecified atom stereocenters. The number of rotatable bonds is 4. The normalized spacial score (nSPS) is 23.5. The highest BCUT2D eigenvalue weighted by molar-refractivity contribution is 5.75. The largest absolute Gasteiger partial charge is 0.376 e. The average Bonchev–Trinajstić information content (AvgIpc) is 3.21. The second-order valence-electron chi connectivity index (χ2n) is 7.86. The number of urea groups is 1. The molecule has 5 heteroatoms. The van der Waals surface area contributed by atoms with Crippen LogP contribution >= 0.6 is 0 Å². The first-order valence-electron chi connectivity index (χ1n) is 9.20. The van der Waals surface area contributed by atoms with E-state index in [9.17, 15) is 4.79 Å². The second kappa shape index (κ2) is 6.31. The lowest BCUT2D eigenvalue weighted by molar-refractivity contribution is 0.202. The smallest absolute Gasteiger partial charge is 0.317 e. The predicted molar refractivity (Wildman–Crippen MR) is 103 cm³/mol. The third-order valence-electron chi connectivity index (χ3n) is 5.81. The first kappa shape index (κ1) is 16.9. The average molecular weight is 350 g/mol. The van der Waals surface area contributed by atoms with E-state index in [1.807, 2.05) is 42.2 Å². The van der Waals surface area contributed by atoms with Gasteiger partial charge in [-0.1, -0.05) is 29.8 Å². The van der Waals surface area contributed by atoms with E-state index < -0.39 is 0 Å². The monoisotopic (exact) mass is 350 g/mol. The van der Waals surface area contributed by atoms with Crippen molar-refractivity contribution < 1.29 is 4.79 Å². The molecule has 1 aliphatic carbocycles. The van der Waals surface area contributed by atoms with Crippen LogP contribution in [0.3, 0.4) is 0 Å². The van der Waals surface area contributed by atoms with E-state index in [0.29, 0.717) is 12.5 Å². The van der Waals surface area contributed by atoms with Crippen molar-refractivity contribution >= 4 is 11.7 Å². The van der Waals surface area contributed by atoms with Gasteiger partial charge in [0.25, 0.3) is 0 Å². The fourth-order valence-electron chi connectivity index (χ4n) is 4.03. The van der Waals surface area contributed by atoms with Crippen LogP contribution in [-0.2, 0) is 12.0 Å². The summed E-state index contributed by atoms with van der Waals surface area (Å²) in [4.78, 5) is 21.0. The van der Waals surface area contributed by atoms with Gasteiger partial charge in [0.05, 0.1) is 24.1 Å². The van der Waals surface area contributed by atoms with Crippen LogP contribution in [0.1, 0.15) is 23.2 Å². The summed E-state index contributed by atoms with van der Waals surface area (Å²) >= 11 is 0. The van der Waals surface area contributed by atoms with E-state index in [0.717, 1.165) is 24.5 Å². The van der Waals surface area contributed by atoms with Gasteiger partial charge in [-0.25, -0.2) is 4.79 Å². The fraction of sp³-hybridized carbons (Fsp3) is 0.429. The summed E-state index contributed by atoms with van der Waals surface area (Å²) in [7, 11) is 3.97. The lowest BCUT2D eigenvalue weighted by Crippen LogP contribution is -2.40. The van der Waals surface area contributed by atoms with Gasteiger partial charge in [-0.2, -0.15) is 0 Å². The highest BCUT2D eigenvalue weighted by atomic mass is 16.2. The van der Waals surface area contributed by atoms with Crippen LogP contribution in [0.15, 0.2) is 42.6 Å². The molecule has 2 aromatic rings. The Bertz CT molecular complexity index is 800. The topological polar surface area (TPSA) is 48.5 Å². The summed E-state index contributed by atoms with van der Waals surface area (Å²) in [6.07, 6.45) is 3.03. The van der Waals surface area contributed by atoms with Crippen LogP contribution in [-0.4, -0.2) is 43.1 Å². The SMILES string of the molecule is Cc1ccc([C@]23C[C@H]2CN(C(=O)NCc2ccc(N(C)C)cn2)C3)cc1. The van der Waals surface area contributed by atoms with Crippen molar-refractivity contribution in [3.63, 3.8) is 0 Å². The molecule has 1 aromatic carbocycles. The number of aryl methyl sites for hydroxylation is 1. The minimum atomic E-state index is 0.0159. The molecule has 1 N–H and O–H groups in total. The summed E-state index contributed by atoms with van der Waals surface area (Å²) in [6, 6.07) is 12.8. The molecule has 2 fully saturated rings. The summed E-state index contributed by atoms with van der Waals surface area (Å²) in [5, 5.41) is 3.02. The van der Waals surface area contributed by atoms with Crippen LogP contribution in [0.5, 0.6) is 0 Å². The number of carbonyl (C=O) groups is 1. The standard InChI is InChI=1S/C21H26N4O/c1-15-4-6-16(7-5-15)21-10-17(21)13-25(14-21)20(26)23-11-18-8-9-19(12-22-18)24(2)3/h4-9,12,17H,10-11,13-14H2,1-3H3,(H,23,26)/t17-,21+/m0/s1. The zero-order valence-corrected chi connectivity index (χ0v) is 15.7. The van der Waals surface area contributed by atoms with Crippen LogP contribution < -0.4 is 10.2 Å². The Balaban J connectivity index is 1.34. The molecule has 1 aromatic heterocycles. The maximum atomic E-state index is 12.6. The molecule has 136 valence electrons. The lowest BCUT2D eigenvalue weighted by atomic mass is 9.94. The number of aromatic nitrogens is 1. The molecule has 1 saturated carbocycles. The third-order valence-corrected chi connectivity index (χ3v) is 5.81. The van der Waals surface area contributed by atoms with E-state index in [2.05, 4.69) is 41.5 Å². The van der Waals surface area contributed by atoms with Crippen molar-refractivity contribution in [2.24, 2.45) is 5.92 Å². The Morgan fingerprint density at radius 2 is 2.04 bits per heavy atom. The molecule has 0 bridgehead atoms. The van der Waals surface area contributed by atoms with E-state index in [1.165, 1.54) is 17.5 Å². The number of nitrogens with one attached hydrogen (secondary N) is 1. The molecule has 26 heavy (non-hydrogen) atoms. The molecule has 1 saturated heterocycles. The third kappa shape index (κ3) is 3.02. The second-order valence-corrected chi connectivity index (χ2v) is 7.86. The molecule has 5 nitrogen and oxygen atoms in total. The first-order chi connectivity index (χ1) is 12.5. The molecule has 1 aliphatic heterocycles. The summed E-state index contributed by atoms with van der Waals surface area (Å²) < 4.78 is 0. The minimum absolute atomic E-state index is 0.0159. The highest BCUT2D eigenvalue weighted by Crippen LogP contribution is 2.58. The van der Waals surface area contributed by atoms with Gasteiger partial charge in [0, 0.05) is 32.6 Å². The van der Waals surface area contributed by atoms with Crippen LogP contribution in [0, 0.1) is 12.8 Å². The van der Waals surface area contributed by atoms with Crippen molar-refractivity contribution in [2.75, 3.05) is 32.1 Å². The molecule has 4 rings (SSSR count). The number of anilines is 1. The van der Waals surface area contributed by atoms with Gasteiger partial charge in [-0.05, 0) is 37.0 Å². The van der Waals surface area contributed by atoms with Gasteiger partial charge in [0.2, 0.25) is 0 Å². The van der Waals surface area contributed by atoms with E-state index >= 15 is 0 Å². The predicted octanol–water partition coefficient (Wildman–Crippen LogP) is 2.94. The number of piperidine rings is 1. The van der Waals surface area contributed by atoms with E-state index in [4.69, 9.17) is 0 Å². The lowest BCUT2D eigenvalue weighted by Gasteiger charge is -2.22. The van der Waals surface area contributed by atoms with Crippen LogP contribution in [0.4, 0.5) is 10.5 Å². The first-order valence-corrected chi connectivity index (χ1v) is 9.20. The fourth-order valence-corrected chi connectivity index (χ4v) is 4.03. The van der Waals surface area contributed by atoms with Crippen LogP contribution in [0.25, 0.3) is 0 Å². The molecular weight excluding hydrogens is 324 g/mol. The maximum Gasteiger partial charge on any atom is 0.317 e.